The first-order chi connectivity index (χ1) is 11.4. The molecule has 0 saturated carbocycles. The molecule has 0 aromatic heterocycles. The van der Waals surface area contributed by atoms with E-state index in [1.54, 1.807) is 0 Å². The first-order valence-corrected chi connectivity index (χ1v) is 9.23. The SMILES string of the molecule is CC(C)c1cccc(C(C)C)c1NCCC(=O)N1CCN(C)CC1. The van der Waals surface area contributed by atoms with E-state index >= 15 is 0 Å². The van der Waals surface area contributed by atoms with Crippen LogP contribution in [0.3, 0.4) is 0 Å². The van der Waals surface area contributed by atoms with Crippen LogP contribution in [0.1, 0.15) is 57.1 Å². The van der Waals surface area contributed by atoms with Crippen LogP contribution < -0.4 is 5.32 Å². The van der Waals surface area contributed by atoms with Crippen LogP contribution in [0.4, 0.5) is 5.69 Å². The van der Waals surface area contributed by atoms with E-state index in [0.717, 1.165) is 26.2 Å². The maximum absolute atomic E-state index is 12.4. The molecule has 4 nitrogen and oxygen atoms in total. The molecule has 2 rings (SSSR count). The molecular weight excluding hydrogens is 298 g/mol. The smallest absolute Gasteiger partial charge is 0.224 e. The highest BCUT2D eigenvalue weighted by Gasteiger charge is 2.19. The van der Waals surface area contributed by atoms with Crippen LogP contribution in [0.25, 0.3) is 0 Å². The number of benzene rings is 1. The van der Waals surface area contributed by atoms with E-state index in [0.29, 0.717) is 24.8 Å². The summed E-state index contributed by atoms with van der Waals surface area (Å²) in [5.74, 6) is 1.21. The molecule has 0 bridgehead atoms. The zero-order valence-electron chi connectivity index (χ0n) is 15.9. The number of amides is 1. The molecule has 0 radical (unpaired) electrons. The summed E-state index contributed by atoms with van der Waals surface area (Å²) in [6, 6.07) is 6.54. The van der Waals surface area contributed by atoms with Gasteiger partial charge in [0, 0.05) is 44.8 Å². The van der Waals surface area contributed by atoms with Crippen molar-refractivity contribution in [2.45, 2.75) is 46.0 Å². The Labute approximate surface area is 147 Å². The second kappa shape index (κ2) is 8.52. The third-order valence-corrected chi connectivity index (χ3v) is 4.87. The van der Waals surface area contributed by atoms with Gasteiger partial charge < -0.3 is 15.1 Å². The molecule has 24 heavy (non-hydrogen) atoms. The van der Waals surface area contributed by atoms with Crippen LogP contribution >= 0.6 is 0 Å². The minimum absolute atomic E-state index is 0.267. The monoisotopic (exact) mass is 331 g/mol. The molecule has 134 valence electrons. The van der Waals surface area contributed by atoms with Gasteiger partial charge in [-0.3, -0.25) is 4.79 Å². The fourth-order valence-electron chi connectivity index (χ4n) is 3.26. The molecule has 0 unspecified atom stereocenters. The minimum atomic E-state index is 0.267. The van der Waals surface area contributed by atoms with E-state index in [-0.39, 0.29) is 5.91 Å². The standard InChI is InChI=1S/C20H33N3O/c1-15(2)17-7-6-8-18(16(3)4)20(17)21-10-9-19(24)23-13-11-22(5)12-14-23/h6-8,15-16,21H,9-14H2,1-5H3. The maximum atomic E-state index is 12.4. The summed E-state index contributed by atoms with van der Waals surface area (Å²) in [7, 11) is 2.11. The summed E-state index contributed by atoms with van der Waals surface area (Å²) in [6.45, 7) is 13.3. The molecule has 0 atom stereocenters. The molecule has 1 heterocycles. The molecule has 4 heteroatoms. The number of piperazine rings is 1. The highest BCUT2D eigenvalue weighted by molar-refractivity contribution is 5.77. The fourth-order valence-corrected chi connectivity index (χ4v) is 3.26. The van der Waals surface area contributed by atoms with Gasteiger partial charge in [-0.05, 0) is 30.0 Å². The van der Waals surface area contributed by atoms with Crippen LogP contribution in [0.5, 0.6) is 0 Å². The topological polar surface area (TPSA) is 35.6 Å². The first-order valence-electron chi connectivity index (χ1n) is 9.23. The van der Waals surface area contributed by atoms with Crippen LogP contribution in [-0.2, 0) is 4.79 Å². The van der Waals surface area contributed by atoms with Gasteiger partial charge in [-0.25, -0.2) is 0 Å². The summed E-state index contributed by atoms with van der Waals surface area (Å²) < 4.78 is 0. The van der Waals surface area contributed by atoms with Gasteiger partial charge in [-0.2, -0.15) is 0 Å². The highest BCUT2D eigenvalue weighted by atomic mass is 16.2. The van der Waals surface area contributed by atoms with Gasteiger partial charge in [0.05, 0.1) is 0 Å². The van der Waals surface area contributed by atoms with E-state index < -0.39 is 0 Å². The van der Waals surface area contributed by atoms with Crippen LogP contribution in [0, 0.1) is 0 Å². The summed E-state index contributed by atoms with van der Waals surface area (Å²) in [5, 5.41) is 3.57. The Morgan fingerprint density at radius 3 is 2.08 bits per heavy atom. The largest absolute Gasteiger partial charge is 0.384 e. The van der Waals surface area contributed by atoms with Crippen molar-refractivity contribution in [3.63, 3.8) is 0 Å². The van der Waals surface area contributed by atoms with Crippen molar-refractivity contribution < 1.29 is 4.79 Å². The number of para-hydroxylation sites is 1. The van der Waals surface area contributed by atoms with E-state index in [4.69, 9.17) is 0 Å². The average Bonchev–Trinajstić information content (AvgIpc) is 2.55. The predicted octanol–water partition coefficient (Wildman–Crippen LogP) is 3.51. The van der Waals surface area contributed by atoms with Crippen LogP contribution in [0.2, 0.25) is 0 Å². The highest BCUT2D eigenvalue weighted by Crippen LogP contribution is 2.32. The van der Waals surface area contributed by atoms with Crippen molar-refractivity contribution in [3.8, 4) is 0 Å². The third kappa shape index (κ3) is 4.73. The predicted molar refractivity (Wildman–Crippen MR) is 102 cm³/mol. The number of hydrogen-bond donors (Lipinski definition) is 1. The van der Waals surface area contributed by atoms with Gasteiger partial charge in [0.15, 0.2) is 0 Å². The Bertz CT molecular complexity index is 520. The lowest BCUT2D eigenvalue weighted by molar-refractivity contribution is -0.132. The Kier molecular flexibility index (Phi) is 6.67. The molecule has 1 fully saturated rings. The van der Waals surface area contributed by atoms with Gasteiger partial charge in [0.1, 0.15) is 0 Å². The summed E-state index contributed by atoms with van der Waals surface area (Å²) in [4.78, 5) is 16.7. The number of carbonyl (C=O) groups is 1. The zero-order valence-corrected chi connectivity index (χ0v) is 15.9. The van der Waals surface area contributed by atoms with Crippen molar-refractivity contribution >= 4 is 11.6 Å². The van der Waals surface area contributed by atoms with Crippen molar-refractivity contribution in [2.24, 2.45) is 0 Å². The van der Waals surface area contributed by atoms with E-state index in [1.165, 1.54) is 16.8 Å². The second-order valence-corrected chi connectivity index (χ2v) is 7.48. The molecule has 1 aliphatic rings. The number of carbonyl (C=O) groups excluding carboxylic acids is 1. The number of hydrogen-bond acceptors (Lipinski definition) is 3. The lowest BCUT2D eigenvalue weighted by atomic mass is 9.92. The first kappa shape index (κ1) is 18.8. The molecule has 0 spiro atoms. The molecule has 1 saturated heterocycles. The van der Waals surface area contributed by atoms with E-state index in [9.17, 15) is 4.79 Å². The fraction of sp³-hybridized carbons (Fsp3) is 0.650. The summed E-state index contributed by atoms with van der Waals surface area (Å²) in [6.07, 6.45) is 0.563. The average molecular weight is 332 g/mol. The van der Waals surface area contributed by atoms with Crippen molar-refractivity contribution in [3.05, 3.63) is 29.3 Å². The Morgan fingerprint density at radius 1 is 1.04 bits per heavy atom. The van der Waals surface area contributed by atoms with Crippen molar-refractivity contribution in [2.75, 3.05) is 45.1 Å². The molecular formula is C20H33N3O. The number of anilines is 1. The number of nitrogens with zero attached hydrogens (tertiary/aromatic N) is 2. The van der Waals surface area contributed by atoms with Gasteiger partial charge in [0.25, 0.3) is 0 Å². The van der Waals surface area contributed by atoms with Gasteiger partial charge in [-0.15, -0.1) is 0 Å². The minimum Gasteiger partial charge on any atom is -0.384 e. The van der Waals surface area contributed by atoms with Crippen molar-refractivity contribution in [1.29, 1.82) is 0 Å². The second-order valence-electron chi connectivity index (χ2n) is 7.48. The molecule has 1 aromatic rings. The van der Waals surface area contributed by atoms with E-state index in [1.807, 2.05) is 4.90 Å². The number of nitrogens with one attached hydrogen (secondary N) is 1. The van der Waals surface area contributed by atoms with Gasteiger partial charge in [-0.1, -0.05) is 45.9 Å². The van der Waals surface area contributed by atoms with Gasteiger partial charge in [0.2, 0.25) is 5.91 Å². The van der Waals surface area contributed by atoms with Gasteiger partial charge >= 0.3 is 0 Å². The lowest BCUT2D eigenvalue weighted by Gasteiger charge is -2.32. The Morgan fingerprint density at radius 2 is 1.58 bits per heavy atom. The molecule has 1 N–H and O–H groups in total. The molecule has 1 aromatic carbocycles. The van der Waals surface area contributed by atoms with Crippen molar-refractivity contribution in [1.82, 2.24) is 9.80 Å². The maximum Gasteiger partial charge on any atom is 0.224 e. The summed E-state index contributed by atoms with van der Waals surface area (Å²) in [5.41, 5.74) is 3.91. The number of rotatable bonds is 6. The molecule has 1 aliphatic heterocycles. The summed E-state index contributed by atoms with van der Waals surface area (Å²) >= 11 is 0. The Balaban J connectivity index is 1.97. The van der Waals surface area contributed by atoms with E-state index in [2.05, 4.69) is 63.2 Å². The van der Waals surface area contributed by atoms with Crippen LogP contribution in [0.15, 0.2) is 18.2 Å². The third-order valence-electron chi connectivity index (χ3n) is 4.87. The Hall–Kier alpha value is -1.55. The normalized spacial score (nSPS) is 16.0. The molecule has 0 aliphatic carbocycles. The number of likely N-dealkylation sites (N-methyl/N-ethyl adjacent to an activating group) is 1. The lowest BCUT2D eigenvalue weighted by Crippen LogP contribution is -2.47. The van der Waals surface area contributed by atoms with Crippen LogP contribution in [-0.4, -0.2) is 55.5 Å². The molecule has 1 amide bonds. The zero-order chi connectivity index (χ0) is 17.7. The quantitative estimate of drug-likeness (QED) is 0.866.